The number of benzene rings is 1. The minimum absolute atomic E-state index is 0.0426. The zero-order chi connectivity index (χ0) is 12.4. The fourth-order valence-electron chi connectivity index (χ4n) is 1.99. The van der Waals surface area contributed by atoms with Crippen LogP contribution < -0.4 is 4.90 Å². The maximum atomic E-state index is 12.1. The maximum absolute atomic E-state index is 12.1. The third-order valence-corrected chi connectivity index (χ3v) is 2.98. The van der Waals surface area contributed by atoms with Crippen LogP contribution in [-0.4, -0.2) is 24.7 Å². The Balaban J connectivity index is 2.09. The predicted octanol–water partition coefficient (Wildman–Crippen LogP) is 2.87. The first kappa shape index (κ1) is 12.4. The lowest BCUT2D eigenvalue weighted by Gasteiger charge is -2.18. The fraction of sp³-hybridized carbons (Fsp3) is 0.462. The summed E-state index contributed by atoms with van der Waals surface area (Å²) >= 11 is 5.82. The molecule has 1 amide bonds. The molecule has 1 aliphatic rings. The molecule has 1 aromatic carbocycles. The summed E-state index contributed by atoms with van der Waals surface area (Å²) in [5.41, 5.74) is 0.884. The van der Waals surface area contributed by atoms with Crippen molar-refractivity contribution >= 4 is 23.2 Å². The molecular weight excluding hydrogens is 238 g/mol. The number of hydrogen-bond donors (Lipinski definition) is 0. The zero-order valence-corrected chi connectivity index (χ0v) is 10.8. The molecule has 4 heteroatoms. The van der Waals surface area contributed by atoms with Crippen LogP contribution in [-0.2, 0) is 9.53 Å². The van der Waals surface area contributed by atoms with Crippen LogP contribution in [0.15, 0.2) is 24.3 Å². The first-order valence-corrected chi connectivity index (χ1v) is 6.18. The normalized spacial score (nSPS) is 20.4. The highest BCUT2D eigenvalue weighted by Gasteiger charge is 2.33. The zero-order valence-electron chi connectivity index (χ0n) is 10.0. The molecular formula is C13H16ClNO2. The highest BCUT2D eigenvalue weighted by Crippen LogP contribution is 2.25. The molecule has 0 radical (unpaired) electrons. The number of carbonyl (C=O) groups excluding carboxylic acids is 1. The van der Waals surface area contributed by atoms with E-state index in [4.69, 9.17) is 16.3 Å². The molecule has 0 spiro atoms. The van der Waals surface area contributed by atoms with Gasteiger partial charge in [-0.05, 0) is 38.1 Å². The van der Waals surface area contributed by atoms with Crippen molar-refractivity contribution in [3.8, 4) is 0 Å². The van der Waals surface area contributed by atoms with Gasteiger partial charge >= 0.3 is 0 Å². The fourth-order valence-corrected chi connectivity index (χ4v) is 2.11. The molecule has 1 atom stereocenters. The first-order valence-electron chi connectivity index (χ1n) is 5.80. The molecule has 0 bridgehead atoms. The van der Waals surface area contributed by atoms with Crippen LogP contribution in [0.3, 0.4) is 0 Å². The van der Waals surface area contributed by atoms with Gasteiger partial charge in [0.1, 0.15) is 6.10 Å². The van der Waals surface area contributed by atoms with Crippen LogP contribution in [0.2, 0.25) is 5.02 Å². The van der Waals surface area contributed by atoms with Gasteiger partial charge in [0.25, 0.3) is 5.91 Å². The summed E-state index contributed by atoms with van der Waals surface area (Å²) in [4.78, 5) is 13.8. The van der Waals surface area contributed by atoms with Crippen molar-refractivity contribution < 1.29 is 9.53 Å². The van der Waals surface area contributed by atoms with Gasteiger partial charge in [0, 0.05) is 23.7 Å². The van der Waals surface area contributed by atoms with E-state index >= 15 is 0 Å². The number of ether oxygens (including phenoxy) is 1. The third kappa shape index (κ3) is 2.79. The lowest BCUT2D eigenvalue weighted by atomic mass is 10.3. The SMILES string of the molecule is CC(C)OC1CCN(c2ccc(Cl)cc2)C1=O. The minimum Gasteiger partial charge on any atom is -0.366 e. The molecule has 1 heterocycles. The molecule has 1 aliphatic heterocycles. The van der Waals surface area contributed by atoms with Gasteiger partial charge in [-0.1, -0.05) is 11.6 Å². The largest absolute Gasteiger partial charge is 0.366 e. The molecule has 1 saturated heterocycles. The summed E-state index contributed by atoms with van der Waals surface area (Å²) in [6.07, 6.45) is 0.527. The van der Waals surface area contributed by atoms with E-state index in [9.17, 15) is 4.79 Å². The molecule has 0 saturated carbocycles. The minimum atomic E-state index is -0.300. The van der Waals surface area contributed by atoms with Crippen molar-refractivity contribution in [1.29, 1.82) is 0 Å². The molecule has 1 fully saturated rings. The van der Waals surface area contributed by atoms with Crippen LogP contribution in [0.4, 0.5) is 5.69 Å². The lowest BCUT2D eigenvalue weighted by molar-refractivity contribution is -0.129. The molecule has 2 rings (SSSR count). The predicted molar refractivity (Wildman–Crippen MR) is 68.4 cm³/mol. The number of nitrogens with zero attached hydrogens (tertiary/aromatic N) is 1. The highest BCUT2D eigenvalue weighted by atomic mass is 35.5. The first-order chi connectivity index (χ1) is 8.08. The smallest absolute Gasteiger partial charge is 0.256 e. The van der Waals surface area contributed by atoms with Gasteiger partial charge in [0.15, 0.2) is 0 Å². The van der Waals surface area contributed by atoms with Crippen LogP contribution in [0.5, 0.6) is 0 Å². The standard InChI is InChI=1S/C13H16ClNO2/c1-9(2)17-12-7-8-15(13(12)16)11-5-3-10(14)4-6-11/h3-6,9,12H,7-8H2,1-2H3. The summed E-state index contributed by atoms with van der Waals surface area (Å²) in [5, 5.41) is 0.676. The number of rotatable bonds is 3. The summed E-state index contributed by atoms with van der Waals surface area (Å²) in [5.74, 6) is 0.0426. The van der Waals surface area contributed by atoms with Crippen LogP contribution in [0.1, 0.15) is 20.3 Å². The number of hydrogen-bond acceptors (Lipinski definition) is 2. The Labute approximate surface area is 106 Å². The summed E-state index contributed by atoms with van der Waals surface area (Å²) in [7, 11) is 0. The quantitative estimate of drug-likeness (QED) is 0.829. The highest BCUT2D eigenvalue weighted by molar-refractivity contribution is 6.30. The maximum Gasteiger partial charge on any atom is 0.256 e. The van der Waals surface area contributed by atoms with Crippen molar-refractivity contribution in [3.63, 3.8) is 0 Å². The number of anilines is 1. The Morgan fingerprint density at radius 2 is 2.00 bits per heavy atom. The van der Waals surface area contributed by atoms with Gasteiger partial charge in [0.05, 0.1) is 6.10 Å². The molecule has 1 aromatic rings. The van der Waals surface area contributed by atoms with Gasteiger partial charge in [-0.2, -0.15) is 0 Å². The van der Waals surface area contributed by atoms with E-state index in [0.717, 1.165) is 12.1 Å². The Morgan fingerprint density at radius 1 is 1.35 bits per heavy atom. The van der Waals surface area contributed by atoms with Gasteiger partial charge in [-0.3, -0.25) is 4.79 Å². The molecule has 1 unspecified atom stereocenters. The number of halogens is 1. The average molecular weight is 254 g/mol. The van der Waals surface area contributed by atoms with Crippen molar-refractivity contribution in [2.75, 3.05) is 11.4 Å². The van der Waals surface area contributed by atoms with E-state index in [2.05, 4.69) is 0 Å². The van der Waals surface area contributed by atoms with E-state index in [1.54, 1.807) is 17.0 Å². The van der Waals surface area contributed by atoms with Gasteiger partial charge in [-0.25, -0.2) is 0 Å². The van der Waals surface area contributed by atoms with E-state index < -0.39 is 0 Å². The second-order valence-corrected chi connectivity index (χ2v) is 4.86. The van der Waals surface area contributed by atoms with Crippen LogP contribution >= 0.6 is 11.6 Å². The Kier molecular flexibility index (Phi) is 3.69. The van der Waals surface area contributed by atoms with E-state index in [-0.39, 0.29) is 18.1 Å². The molecule has 17 heavy (non-hydrogen) atoms. The second-order valence-electron chi connectivity index (χ2n) is 4.43. The lowest BCUT2D eigenvalue weighted by Crippen LogP contribution is -2.31. The van der Waals surface area contributed by atoms with Crippen molar-refractivity contribution in [3.05, 3.63) is 29.3 Å². The van der Waals surface area contributed by atoms with Crippen molar-refractivity contribution in [2.45, 2.75) is 32.5 Å². The number of carbonyl (C=O) groups is 1. The molecule has 92 valence electrons. The summed E-state index contributed by atoms with van der Waals surface area (Å²) in [6.45, 7) is 4.59. The molecule has 0 N–H and O–H groups in total. The van der Waals surface area contributed by atoms with Crippen molar-refractivity contribution in [1.82, 2.24) is 0 Å². The summed E-state index contributed by atoms with van der Waals surface area (Å²) in [6, 6.07) is 7.30. The Morgan fingerprint density at radius 3 is 2.59 bits per heavy atom. The third-order valence-electron chi connectivity index (χ3n) is 2.73. The van der Waals surface area contributed by atoms with Crippen LogP contribution in [0, 0.1) is 0 Å². The Bertz CT molecular complexity index is 402. The second kappa shape index (κ2) is 5.07. The van der Waals surface area contributed by atoms with E-state index in [1.165, 1.54) is 0 Å². The van der Waals surface area contributed by atoms with E-state index in [0.29, 0.717) is 11.6 Å². The van der Waals surface area contributed by atoms with Crippen LogP contribution in [0.25, 0.3) is 0 Å². The monoisotopic (exact) mass is 253 g/mol. The molecule has 3 nitrogen and oxygen atoms in total. The molecule has 0 aliphatic carbocycles. The van der Waals surface area contributed by atoms with Crippen molar-refractivity contribution in [2.24, 2.45) is 0 Å². The van der Waals surface area contributed by atoms with Gasteiger partial charge < -0.3 is 9.64 Å². The van der Waals surface area contributed by atoms with E-state index in [1.807, 2.05) is 26.0 Å². The Hall–Kier alpha value is -1.06. The molecule has 0 aromatic heterocycles. The number of amides is 1. The summed E-state index contributed by atoms with van der Waals surface area (Å²) < 4.78 is 5.58. The van der Waals surface area contributed by atoms with Gasteiger partial charge in [0.2, 0.25) is 0 Å². The average Bonchev–Trinajstić information content (AvgIpc) is 2.61. The topological polar surface area (TPSA) is 29.5 Å². The van der Waals surface area contributed by atoms with Gasteiger partial charge in [-0.15, -0.1) is 0 Å².